The van der Waals surface area contributed by atoms with Crippen LogP contribution in [-0.4, -0.2) is 28.8 Å². The van der Waals surface area contributed by atoms with Gasteiger partial charge in [-0.2, -0.15) is 0 Å². The molecule has 3 rings (SSSR count). The molecule has 0 heterocycles. The molecule has 1 saturated carbocycles. The number of halogens is 2. The van der Waals surface area contributed by atoms with Crippen molar-refractivity contribution in [2.24, 2.45) is 0 Å². The number of carbonyl (C=O) groups is 2. The molecule has 1 N–H and O–H groups in total. The highest BCUT2D eigenvalue weighted by atomic mass is 35.5. The van der Waals surface area contributed by atoms with Gasteiger partial charge < -0.3 is 10.2 Å². The van der Waals surface area contributed by atoms with E-state index in [0.29, 0.717) is 35.3 Å². The lowest BCUT2D eigenvalue weighted by Crippen LogP contribution is -2.49. The maximum atomic E-state index is 13.3. The van der Waals surface area contributed by atoms with Crippen LogP contribution in [0, 0.1) is 0 Å². The van der Waals surface area contributed by atoms with E-state index in [4.69, 9.17) is 23.2 Å². The summed E-state index contributed by atoms with van der Waals surface area (Å²) in [6, 6.07) is 13.4. The van der Waals surface area contributed by atoms with Gasteiger partial charge in [0.05, 0.1) is 10.0 Å². The van der Waals surface area contributed by atoms with Gasteiger partial charge in [-0.15, -0.1) is 0 Å². The fraction of sp³-hybridized carbons (Fsp3) is 0.481. The van der Waals surface area contributed by atoms with Gasteiger partial charge in [-0.05, 0) is 60.9 Å². The zero-order chi connectivity index (χ0) is 24.0. The molecule has 0 spiro atoms. The average Bonchev–Trinajstić information content (AvgIpc) is 3.31. The molecule has 1 aliphatic carbocycles. The Bertz CT molecular complexity index is 953. The third-order valence-corrected chi connectivity index (χ3v) is 7.22. The lowest BCUT2D eigenvalue weighted by molar-refractivity contribution is -0.140. The molecule has 0 saturated heterocycles. The Kier molecular flexibility index (Phi) is 9.22. The van der Waals surface area contributed by atoms with Crippen LogP contribution >= 0.6 is 23.2 Å². The van der Waals surface area contributed by atoms with E-state index in [0.717, 1.165) is 36.8 Å². The molecule has 6 heteroatoms. The van der Waals surface area contributed by atoms with E-state index in [2.05, 4.69) is 43.4 Å². The van der Waals surface area contributed by atoms with Gasteiger partial charge in [-0.1, -0.05) is 80.2 Å². The van der Waals surface area contributed by atoms with Crippen LogP contribution in [0.1, 0.15) is 75.5 Å². The van der Waals surface area contributed by atoms with Gasteiger partial charge in [0, 0.05) is 19.0 Å². The molecule has 0 aliphatic heterocycles. The largest absolute Gasteiger partial charge is 0.352 e. The monoisotopic (exact) mass is 488 g/mol. The fourth-order valence-corrected chi connectivity index (χ4v) is 4.59. The summed E-state index contributed by atoms with van der Waals surface area (Å²) in [6.07, 6.45) is 5.26. The molecule has 1 aliphatic rings. The van der Waals surface area contributed by atoms with Crippen molar-refractivity contribution in [1.29, 1.82) is 0 Å². The smallest absolute Gasteiger partial charge is 0.242 e. The normalized spacial score (nSPS) is 15.0. The lowest BCUT2D eigenvalue weighted by atomic mass is 10.00. The number of rotatable bonds is 9. The van der Waals surface area contributed by atoms with Crippen molar-refractivity contribution in [2.75, 3.05) is 0 Å². The molecule has 2 aromatic rings. The lowest BCUT2D eigenvalue weighted by Gasteiger charge is -2.30. The molecule has 4 nitrogen and oxygen atoms in total. The summed E-state index contributed by atoms with van der Waals surface area (Å²) in [5, 5.41) is 4.04. The van der Waals surface area contributed by atoms with Gasteiger partial charge in [-0.3, -0.25) is 9.59 Å². The number of hydrogen-bond donors (Lipinski definition) is 1. The second-order valence-electron chi connectivity index (χ2n) is 9.33. The highest BCUT2D eigenvalue weighted by molar-refractivity contribution is 6.42. The van der Waals surface area contributed by atoms with Gasteiger partial charge in [0.2, 0.25) is 11.8 Å². The minimum absolute atomic E-state index is 0.0527. The minimum atomic E-state index is -0.573. The van der Waals surface area contributed by atoms with Crippen LogP contribution in [0.3, 0.4) is 0 Å². The summed E-state index contributed by atoms with van der Waals surface area (Å²) in [5.74, 6) is 0.321. The number of benzene rings is 2. The molecule has 2 amide bonds. The maximum absolute atomic E-state index is 13.3. The number of carbonyl (C=O) groups excluding carboxylic acids is 2. The first kappa shape index (κ1) is 25.6. The second kappa shape index (κ2) is 11.9. The summed E-state index contributed by atoms with van der Waals surface area (Å²) in [6.45, 7) is 6.44. The first-order chi connectivity index (χ1) is 15.7. The number of aryl methyl sites for hydroxylation is 1. The summed E-state index contributed by atoms with van der Waals surface area (Å²) in [5.41, 5.74) is 3.24. The third-order valence-electron chi connectivity index (χ3n) is 6.48. The molecule has 178 valence electrons. The van der Waals surface area contributed by atoms with Crippen LogP contribution in [0.5, 0.6) is 0 Å². The third kappa shape index (κ3) is 7.22. The average molecular weight is 489 g/mol. The SMILES string of the molecule is CC(C)c1ccc(CCC(=O)N(Cc2ccc(Cl)c(Cl)c2)[C@@H](C)C(=O)NC2CCCC2)cc1. The molecule has 0 aromatic heterocycles. The zero-order valence-corrected chi connectivity index (χ0v) is 21.3. The molecule has 0 radical (unpaired) electrons. The van der Waals surface area contributed by atoms with Crippen molar-refractivity contribution in [3.63, 3.8) is 0 Å². The van der Waals surface area contributed by atoms with Crippen LogP contribution in [0.25, 0.3) is 0 Å². The predicted octanol–water partition coefficient (Wildman–Crippen LogP) is 6.53. The first-order valence-corrected chi connectivity index (χ1v) is 12.6. The highest BCUT2D eigenvalue weighted by Gasteiger charge is 2.28. The Morgan fingerprint density at radius 3 is 2.21 bits per heavy atom. The quantitative estimate of drug-likeness (QED) is 0.436. The van der Waals surface area contributed by atoms with Crippen molar-refractivity contribution in [1.82, 2.24) is 10.2 Å². The molecule has 33 heavy (non-hydrogen) atoms. The molecule has 0 bridgehead atoms. The van der Waals surface area contributed by atoms with E-state index >= 15 is 0 Å². The number of nitrogens with zero attached hydrogens (tertiary/aromatic N) is 1. The van der Waals surface area contributed by atoms with Crippen molar-refractivity contribution in [3.05, 3.63) is 69.2 Å². The van der Waals surface area contributed by atoms with E-state index in [1.165, 1.54) is 5.56 Å². The molecule has 2 aromatic carbocycles. The number of nitrogens with one attached hydrogen (secondary N) is 1. The van der Waals surface area contributed by atoms with E-state index in [9.17, 15) is 9.59 Å². The van der Waals surface area contributed by atoms with E-state index in [-0.39, 0.29) is 17.9 Å². The van der Waals surface area contributed by atoms with Crippen molar-refractivity contribution < 1.29 is 9.59 Å². The number of amides is 2. The molecule has 1 fully saturated rings. The van der Waals surface area contributed by atoms with E-state index < -0.39 is 6.04 Å². The first-order valence-electron chi connectivity index (χ1n) is 11.9. The van der Waals surface area contributed by atoms with Crippen LogP contribution in [0.2, 0.25) is 10.0 Å². The van der Waals surface area contributed by atoms with Crippen molar-refractivity contribution in [2.45, 2.75) is 83.8 Å². The second-order valence-corrected chi connectivity index (χ2v) is 10.1. The molecule has 1 atom stereocenters. The summed E-state index contributed by atoms with van der Waals surface area (Å²) in [4.78, 5) is 28.0. The van der Waals surface area contributed by atoms with Gasteiger partial charge in [0.15, 0.2) is 0 Å². The summed E-state index contributed by atoms with van der Waals surface area (Å²) in [7, 11) is 0. The standard InChI is InChI=1S/C27H34Cl2N2O2/c1-18(2)22-12-8-20(9-13-22)11-15-26(32)31(17-21-10-14-24(28)25(29)16-21)19(3)27(33)30-23-6-4-5-7-23/h8-10,12-14,16,18-19,23H,4-7,11,15,17H2,1-3H3,(H,30,33)/t19-/m0/s1. The summed E-state index contributed by atoms with van der Waals surface area (Å²) >= 11 is 12.3. The maximum Gasteiger partial charge on any atom is 0.242 e. The van der Waals surface area contributed by atoms with Crippen LogP contribution in [-0.2, 0) is 22.6 Å². The Morgan fingerprint density at radius 1 is 0.970 bits per heavy atom. The Balaban J connectivity index is 1.71. The van der Waals surface area contributed by atoms with Crippen molar-refractivity contribution >= 4 is 35.0 Å². The van der Waals surface area contributed by atoms with Crippen molar-refractivity contribution in [3.8, 4) is 0 Å². The molecular weight excluding hydrogens is 455 g/mol. The zero-order valence-electron chi connectivity index (χ0n) is 19.7. The Labute approximate surface area is 207 Å². The minimum Gasteiger partial charge on any atom is -0.352 e. The van der Waals surface area contributed by atoms with E-state index in [1.807, 2.05) is 6.07 Å². The number of hydrogen-bond acceptors (Lipinski definition) is 2. The Morgan fingerprint density at radius 2 is 1.61 bits per heavy atom. The summed E-state index contributed by atoms with van der Waals surface area (Å²) < 4.78 is 0. The van der Waals surface area contributed by atoms with Gasteiger partial charge >= 0.3 is 0 Å². The predicted molar refractivity (Wildman–Crippen MR) is 136 cm³/mol. The van der Waals surface area contributed by atoms with E-state index in [1.54, 1.807) is 24.0 Å². The van der Waals surface area contributed by atoms with Gasteiger partial charge in [0.25, 0.3) is 0 Å². The van der Waals surface area contributed by atoms with Gasteiger partial charge in [0.1, 0.15) is 6.04 Å². The topological polar surface area (TPSA) is 49.4 Å². The Hall–Kier alpha value is -2.04. The highest BCUT2D eigenvalue weighted by Crippen LogP contribution is 2.24. The molecular formula is C27H34Cl2N2O2. The van der Waals surface area contributed by atoms with Crippen LogP contribution in [0.15, 0.2) is 42.5 Å². The fourth-order valence-electron chi connectivity index (χ4n) is 4.27. The van der Waals surface area contributed by atoms with Crippen LogP contribution in [0.4, 0.5) is 0 Å². The van der Waals surface area contributed by atoms with Crippen LogP contribution < -0.4 is 5.32 Å². The molecule has 0 unspecified atom stereocenters. The van der Waals surface area contributed by atoms with Gasteiger partial charge in [-0.25, -0.2) is 0 Å².